The molecule has 0 radical (unpaired) electrons. The molecule has 5 nitrogen and oxygen atoms in total. The Morgan fingerprint density at radius 1 is 1.42 bits per heavy atom. The minimum Gasteiger partial charge on any atom is -0.360 e. The molecule has 0 spiro atoms. The Hall–Kier alpha value is -1.66. The first-order valence-corrected chi connectivity index (χ1v) is 6.94. The Morgan fingerprint density at radius 2 is 2.21 bits per heavy atom. The molecule has 2 N–H and O–H groups in total. The quantitative estimate of drug-likeness (QED) is 0.909. The standard InChI is InChI=1S/C12H13ClN4OS/c1-3-14-12-17-16-11(19-12)10(18)15-8-5-4-7(2)9(13)6-8/h4-6H,3H2,1-2H3,(H,14,17)(H,15,18). The molecule has 1 heterocycles. The second kappa shape index (κ2) is 5.99. The second-order valence-electron chi connectivity index (χ2n) is 3.86. The number of rotatable bonds is 4. The zero-order valence-corrected chi connectivity index (χ0v) is 12.1. The average Bonchev–Trinajstić information content (AvgIpc) is 2.83. The summed E-state index contributed by atoms with van der Waals surface area (Å²) >= 11 is 7.22. The van der Waals surface area contributed by atoms with Gasteiger partial charge in [-0.2, -0.15) is 0 Å². The predicted octanol–water partition coefficient (Wildman–Crippen LogP) is 3.18. The fourth-order valence-electron chi connectivity index (χ4n) is 1.39. The molecule has 0 fully saturated rings. The molecule has 0 unspecified atom stereocenters. The highest BCUT2D eigenvalue weighted by Gasteiger charge is 2.13. The lowest BCUT2D eigenvalue weighted by Crippen LogP contribution is -2.11. The van der Waals surface area contributed by atoms with Gasteiger partial charge < -0.3 is 10.6 Å². The van der Waals surface area contributed by atoms with Crippen molar-refractivity contribution in [1.29, 1.82) is 0 Å². The van der Waals surface area contributed by atoms with Crippen molar-refractivity contribution >= 4 is 39.7 Å². The van der Waals surface area contributed by atoms with Crippen LogP contribution in [0, 0.1) is 6.92 Å². The van der Waals surface area contributed by atoms with Gasteiger partial charge in [0.25, 0.3) is 5.91 Å². The fraction of sp³-hybridized carbons (Fsp3) is 0.250. The van der Waals surface area contributed by atoms with Crippen LogP contribution < -0.4 is 10.6 Å². The molecule has 1 aromatic carbocycles. The molecule has 0 atom stereocenters. The maximum atomic E-state index is 12.0. The summed E-state index contributed by atoms with van der Waals surface area (Å²) in [5.74, 6) is -0.290. The molecule has 0 aliphatic heterocycles. The molecule has 0 bridgehead atoms. The van der Waals surface area contributed by atoms with Gasteiger partial charge in [-0.3, -0.25) is 4.79 Å². The first-order valence-electron chi connectivity index (χ1n) is 5.75. The van der Waals surface area contributed by atoms with Crippen molar-refractivity contribution in [1.82, 2.24) is 10.2 Å². The number of benzene rings is 1. The van der Waals surface area contributed by atoms with Gasteiger partial charge in [-0.25, -0.2) is 0 Å². The number of carbonyl (C=O) groups is 1. The Balaban J connectivity index is 2.09. The molecule has 0 aliphatic carbocycles. The third kappa shape index (κ3) is 3.42. The lowest BCUT2D eigenvalue weighted by molar-refractivity contribution is 0.102. The van der Waals surface area contributed by atoms with Gasteiger partial charge in [-0.15, -0.1) is 10.2 Å². The number of nitrogens with zero attached hydrogens (tertiary/aromatic N) is 2. The molecule has 0 saturated carbocycles. The number of hydrogen-bond acceptors (Lipinski definition) is 5. The van der Waals surface area contributed by atoms with E-state index in [0.29, 0.717) is 20.8 Å². The predicted molar refractivity (Wildman–Crippen MR) is 78.2 cm³/mol. The summed E-state index contributed by atoms with van der Waals surface area (Å²) in [6, 6.07) is 5.36. The summed E-state index contributed by atoms with van der Waals surface area (Å²) in [5.41, 5.74) is 1.60. The zero-order chi connectivity index (χ0) is 13.8. The third-order valence-corrected chi connectivity index (χ3v) is 3.66. The molecule has 0 aliphatic rings. The van der Waals surface area contributed by atoms with Crippen LogP contribution in [-0.2, 0) is 0 Å². The summed E-state index contributed by atoms with van der Waals surface area (Å²) in [6.45, 7) is 4.60. The van der Waals surface area contributed by atoms with Gasteiger partial charge in [-0.05, 0) is 31.5 Å². The minimum atomic E-state index is -0.290. The molecule has 1 amide bonds. The maximum Gasteiger partial charge on any atom is 0.286 e. The monoisotopic (exact) mass is 296 g/mol. The van der Waals surface area contributed by atoms with E-state index in [9.17, 15) is 4.79 Å². The molecule has 100 valence electrons. The van der Waals surface area contributed by atoms with Crippen LogP contribution >= 0.6 is 22.9 Å². The maximum absolute atomic E-state index is 12.0. The lowest BCUT2D eigenvalue weighted by atomic mass is 10.2. The number of carbonyl (C=O) groups excluding carboxylic acids is 1. The lowest BCUT2D eigenvalue weighted by Gasteiger charge is -2.04. The van der Waals surface area contributed by atoms with Crippen molar-refractivity contribution in [2.75, 3.05) is 17.2 Å². The topological polar surface area (TPSA) is 66.9 Å². The van der Waals surface area contributed by atoms with Crippen molar-refractivity contribution in [2.24, 2.45) is 0 Å². The van der Waals surface area contributed by atoms with Crippen LogP contribution in [0.25, 0.3) is 0 Å². The van der Waals surface area contributed by atoms with Gasteiger partial charge in [0.15, 0.2) is 0 Å². The van der Waals surface area contributed by atoms with Gasteiger partial charge in [0.1, 0.15) is 0 Å². The normalized spacial score (nSPS) is 10.3. The van der Waals surface area contributed by atoms with E-state index in [0.717, 1.165) is 12.1 Å². The highest BCUT2D eigenvalue weighted by molar-refractivity contribution is 7.17. The highest BCUT2D eigenvalue weighted by atomic mass is 35.5. The van der Waals surface area contributed by atoms with Crippen molar-refractivity contribution in [2.45, 2.75) is 13.8 Å². The van der Waals surface area contributed by atoms with E-state index in [1.54, 1.807) is 12.1 Å². The van der Waals surface area contributed by atoms with Crippen molar-refractivity contribution < 1.29 is 4.79 Å². The summed E-state index contributed by atoms with van der Waals surface area (Å²) < 4.78 is 0. The number of hydrogen-bond donors (Lipinski definition) is 2. The Labute approximate surface area is 120 Å². The Kier molecular flexibility index (Phi) is 4.34. The van der Waals surface area contributed by atoms with E-state index in [2.05, 4.69) is 20.8 Å². The summed E-state index contributed by atoms with van der Waals surface area (Å²) in [4.78, 5) is 12.0. The van der Waals surface area contributed by atoms with Gasteiger partial charge in [0.05, 0.1) is 0 Å². The van der Waals surface area contributed by atoms with E-state index in [4.69, 9.17) is 11.6 Å². The van der Waals surface area contributed by atoms with E-state index in [-0.39, 0.29) is 5.91 Å². The third-order valence-electron chi connectivity index (χ3n) is 2.38. The molecular formula is C12H13ClN4OS. The minimum absolute atomic E-state index is 0.290. The first kappa shape index (κ1) is 13.8. The number of halogens is 1. The SMILES string of the molecule is CCNc1nnc(C(=O)Nc2ccc(C)c(Cl)c2)s1. The Bertz CT molecular complexity index is 599. The van der Waals surface area contributed by atoms with Crippen molar-refractivity contribution in [3.8, 4) is 0 Å². The van der Waals surface area contributed by atoms with Gasteiger partial charge in [-0.1, -0.05) is 29.0 Å². The number of nitrogens with one attached hydrogen (secondary N) is 2. The van der Waals surface area contributed by atoms with E-state index in [1.807, 2.05) is 19.9 Å². The molecule has 0 saturated heterocycles. The van der Waals surface area contributed by atoms with Crippen LogP contribution in [0.2, 0.25) is 5.02 Å². The average molecular weight is 297 g/mol. The summed E-state index contributed by atoms with van der Waals surface area (Å²) in [5, 5.41) is 15.0. The largest absolute Gasteiger partial charge is 0.360 e. The molecular weight excluding hydrogens is 284 g/mol. The number of anilines is 2. The smallest absolute Gasteiger partial charge is 0.286 e. The number of aromatic nitrogens is 2. The zero-order valence-electron chi connectivity index (χ0n) is 10.5. The van der Waals surface area contributed by atoms with Crippen LogP contribution in [0.4, 0.5) is 10.8 Å². The van der Waals surface area contributed by atoms with E-state index >= 15 is 0 Å². The van der Waals surface area contributed by atoms with Crippen LogP contribution in [0.5, 0.6) is 0 Å². The molecule has 2 aromatic rings. The molecule has 2 rings (SSSR count). The number of aryl methyl sites for hydroxylation is 1. The Morgan fingerprint density at radius 3 is 2.89 bits per heavy atom. The summed E-state index contributed by atoms with van der Waals surface area (Å²) in [6.07, 6.45) is 0. The van der Waals surface area contributed by atoms with Crippen LogP contribution in [0.15, 0.2) is 18.2 Å². The first-order chi connectivity index (χ1) is 9.10. The van der Waals surface area contributed by atoms with Gasteiger partial charge >= 0.3 is 0 Å². The van der Waals surface area contributed by atoms with E-state index in [1.165, 1.54) is 11.3 Å². The van der Waals surface area contributed by atoms with Crippen LogP contribution in [-0.4, -0.2) is 22.6 Å². The van der Waals surface area contributed by atoms with E-state index < -0.39 is 0 Å². The second-order valence-corrected chi connectivity index (χ2v) is 5.25. The van der Waals surface area contributed by atoms with Crippen LogP contribution in [0.3, 0.4) is 0 Å². The molecule has 7 heteroatoms. The van der Waals surface area contributed by atoms with Crippen LogP contribution in [0.1, 0.15) is 22.3 Å². The highest BCUT2D eigenvalue weighted by Crippen LogP contribution is 2.21. The van der Waals surface area contributed by atoms with Gasteiger partial charge in [0, 0.05) is 17.3 Å². The number of amides is 1. The van der Waals surface area contributed by atoms with Gasteiger partial charge in [0.2, 0.25) is 10.1 Å². The summed E-state index contributed by atoms with van der Waals surface area (Å²) in [7, 11) is 0. The fourth-order valence-corrected chi connectivity index (χ4v) is 2.28. The van der Waals surface area contributed by atoms with Crippen molar-refractivity contribution in [3.05, 3.63) is 33.8 Å². The molecule has 1 aromatic heterocycles. The van der Waals surface area contributed by atoms with Crippen molar-refractivity contribution in [3.63, 3.8) is 0 Å². The molecule has 19 heavy (non-hydrogen) atoms.